The maximum atomic E-state index is 12.6. The minimum atomic E-state index is -4.24. The van der Waals surface area contributed by atoms with Crippen molar-refractivity contribution in [2.75, 3.05) is 32.7 Å². The first-order chi connectivity index (χ1) is 12.2. The van der Waals surface area contributed by atoms with Crippen molar-refractivity contribution in [2.24, 2.45) is 0 Å². The summed E-state index contributed by atoms with van der Waals surface area (Å²) >= 11 is 1.28. The smallest absolute Gasteiger partial charge is 0.340 e. The zero-order chi connectivity index (χ0) is 19.3. The molecule has 0 radical (unpaired) electrons. The maximum Gasteiger partial charge on any atom is 0.401 e. The quantitative estimate of drug-likeness (QED) is 0.438. The molecule has 1 heterocycles. The molecule has 2 rings (SSSR count). The Kier molecular flexibility index (Phi) is 6.87. The molecule has 144 valence electrons. The van der Waals surface area contributed by atoms with Gasteiger partial charge < -0.3 is 4.90 Å². The molecule has 1 amide bonds. The highest BCUT2D eigenvalue weighted by atomic mass is 32.2. The molecule has 6 nitrogen and oxygen atoms in total. The zero-order valence-corrected chi connectivity index (χ0v) is 15.1. The van der Waals surface area contributed by atoms with Gasteiger partial charge >= 0.3 is 6.18 Å². The predicted molar refractivity (Wildman–Crippen MR) is 92.1 cm³/mol. The van der Waals surface area contributed by atoms with Gasteiger partial charge in [0.05, 0.1) is 16.7 Å². The van der Waals surface area contributed by atoms with Crippen LogP contribution in [-0.2, 0) is 4.79 Å². The highest BCUT2D eigenvalue weighted by Crippen LogP contribution is 2.27. The second kappa shape index (κ2) is 8.72. The number of thioether (sulfide) groups is 1. The molecule has 0 N–H and O–H groups in total. The molecule has 1 aromatic carbocycles. The molecule has 1 aliphatic heterocycles. The molecule has 0 saturated carbocycles. The first-order valence-electron chi connectivity index (χ1n) is 8.15. The van der Waals surface area contributed by atoms with E-state index in [4.69, 9.17) is 0 Å². The van der Waals surface area contributed by atoms with Crippen LogP contribution < -0.4 is 0 Å². The number of benzene rings is 1. The topological polar surface area (TPSA) is 66.7 Å². The van der Waals surface area contributed by atoms with Crippen LogP contribution in [0.2, 0.25) is 0 Å². The van der Waals surface area contributed by atoms with Gasteiger partial charge in [-0.2, -0.15) is 13.2 Å². The number of hydrogen-bond acceptors (Lipinski definition) is 5. The summed E-state index contributed by atoms with van der Waals surface area (Å²) in [7, 11) is 0. The fourth-order valence-electron chi connectivity index (χ4n) is 2.76. The van der Waals surface area contributed by atoms with Crippen molar-refractivity contribution in [2.45, 2.75) is 29.7 Å². The van der Waals surface area contributed by atoms with Crippen molar-refractivity contribution < 1.29 is 22.9 Å². The van der Waals surface area contributed by atoms with Gasteiger partial charge in [0.15, 0.2) is 0 Å². The van der Waals surface area contributed by atoms with E-state index >= 15 is 0 Å². The number of amides is 1. The zero-order valence-electron chi connectivity index (χ0n) is 14.2. The lowest BCUT2D eigenvalue weighted by Gasteiger charge is -2.25. The summed E-state index contributed by atoms with van der Waals surface area (Å²) in [6.45, 7) is 1.97. The summed E-state index contributed by atoms with van der Waals surface area (Å²) in [5, 5.41) is 10.2. The number of non-ortho nitro benzene ring substituents is 1. The molecular formula is C16H20F3N3O3S. The van der Waals surface area contributed by atoms with Crippen LogP contribution >= 0.6 is 11.8 Å². The summed E-state index contributed by atoms with van der Waals surface area (Å²) in [5.41, 5.74) is -0.0226. The fourth-order valence-corrected chi connectivity index (χ4v) is 3.71. The summed E-state index contributed by atoms with van der Waals surface area (Å²) in [4.78, 5) is 26.4. The molecule has 1 atom stereocenters. The van der Waals surface area contributed by atoms with Gasteiger partial charge in [-0.3, -0.25) is 19.8 Å². The molecule has 1 fully saturated rings. The number of nitrogens with zero attached hydrogens (tertiary/aromatic N) is 3. The lowest BCUT2D eigenvalue weighted by atomic mass is 10.3. The third-order valence-corrected chi connectivity index (χ3v) is 5.11. The molecule has 0 aromatic heterocycles. The second-order valence-corrected chi connectivity index (χ2v) is 7.50. The van der Waals surface area contributed by atoms with Crippen LogP contribution in [0.3, 0.4) is 0 Å². The summed E-state index contributed by atoms with van der Waals surface area (Å²) in [6, 6.07) is 5.92. The van der Waals surface area contributed by atoms with Gasteiger partial charge in [0.1, 0.15) is 0 Å². The third kappa shape index (κ3) is 6.17. The number of hydrogen-bond donors (Lipinski definition) is 0. The monoisotopic (exact) mass is 391 g/mol. The van der Waals surface area contributed by atoms with Crippen LogP contribution in [-0.4, -0.2) is 64.8 Å². The van der Waals surface area contributed by atoms with Gasteiger partial charge in [0.25, 0.3) is 5.69 Å². The van der Waals surface area contributed by atoms with E-state index in [1.54, 1.807) is 24.0 Å². The van der Waals surface area contributed by atoms with E-state index in [0.717, 1.165) is 4.90 Å². The Morgan fingerprint density at radius 1 is 1.23 bits per heavy atom. The number of nitro benzene ring substituents is 1. The SMILES string of the molecule is CC(Sc1ccc([N+](=O)[O-])cc1)C(=O)N1CCCN(CC(F)(F)F)CC1. The van der Waals surface area contributed by atoms with Gasteiger partial charge in [-0.05, 0) is 25.5 Å². The normalized spacial score (nSPS) is 17.6. The highest BCUT2D eigenvalue weighted by molar-refractivity contribution is 8.00. The van der Waals surface area contributed by atoms with Crippen LogP contribution in [0.15, 0.2) is 29.2 Å². The molecule has 1 aromatic rings. The van der Waals surface area contributed by atoms with E-state index in [0.29, 0.717) is 19.5 Å². The first-order valence-corrected chi connectivity index (χ1v) is 9.02. The van der Waals surface area contributed by atoms with Crippen molar-refractivity contribution in [3.05, 3.63) is 34.4 Å². The number of carbonyl (C=O) groups is 1. The lowest BCUT2D eigenvalue weighted by Crippen LogP contribution is -2.40. The number of nitro groups is 1. The highest BCUT2D eigenvalue weighted by Gasteiger charge is 2.32. The Morgan fingerprint density at radius 2 is 1.88 bits per heavy atom. The third-order valence-electron chi connectivity index (χ3n) is 4.01. The second-order valence-electron chi connectivity index (χ2n) is 6.08. The average molecular weight is 391 g/mol. The van der Waals surface area contributed by atoms with Crippen LogP contribution in [0.5, 0.6) is 0 Å². The van der Waals surface area contributed by atoms with Crippen LogP contribution in [0.1, 0.15) is 13.3 Å². The Bertz CT molecular complexity index is 640. The van der Waals surface area contributed by atoms with E-state index in [1.165, 1.54) is 28.8 Å². The van der Waals surface area contributed by atoms with E-state index < -0.39 is 22.9 Å². The standard InChI is InChI=1S/C16H20F3N3O3S/c1-12(26-14-5-3-13(4-6-14)22(24)25)15(23)21-8-2-7-20(9-10-21)11-16(17,18)19/h3-6,12H,2,7-11H2,1H3. The first kappa shape index (κ1) is 20.5. The molecule has 26 heavy (non-hydrogen) atoms. The van der Waals surface area contributed by atoms with Crippen molar-refractivity contribution in [1.82, 2.24) is 9.80 Å². The summed E-state index contributed by atoms with van der Waals surface area (Å²) in [5.74, 6) is -0.137. The lowest BCUT2D eigenvalue weighted by molar-refractivity contribution is -0.384. The number of halogens is 3. The molecule has 10 heteroatoms. The number of rotatable bonds is 5. The van der Waals surface area contributed by atoms with Crippen molar-refractivity contribution in [3.8, 4) is 0 Å². The van der Waals surface area contributed by atoms with E-state index in [1.807, 2.05) is 0 Å². The fraction of sp³-hybridized carbons (Fsp3) is 0.562. The number of carbonyl (C=O) groups excluding carboxylic acids is 1. The predicted octanol–water partition coefficient (Wildman–Crippen LogP) is 3.17. The van der Waals surface area contributed by atoms with E-state index in [9.17, 15) is 28.1 Å². The van der Waals surface area contributed by atoms with Gasteiger partial charge in [-0.25, -0.2) is 0 Å². The van der Waals surface area contributed by atoms with Gasteiger partial charge in [-0.15, -0.1) is 11.8 Å². The Labute approximate surface area is 153 Å². The molecule has 1 saturated heterocycles. The van der Waals surface area contributed by atoms with Crippen LogP contribution in [0, 0.1) is 10.1 Å². The Balaban J connectivity index is 1.90. The minimum absolute atomic E-state index is 0.0226. The minimum Gasteiger partial charge on any atom is -0.340 e. The van der Waals surface area contributed by atoms with E-state index in [2.05, 4.69) is 0 Å². The molecule has 1 unspecified atom stereocenters. The Morgan fingerprint density at radius 3 is 2.46 bits per heavy atom. The Hall–Kier alpha value is -1.81. The van der Waals surface area contributed by atoms with Gasteiger partial charge in [0, 0.05) is 43.2 Å². The average Bonchev–Trinajstić information content (AvgIpc) is 2.78. The molecule has 1 aliphatic rings. The number of alkyl halides is 3. The largest absolute Gasteiger partial charge is 0.401 e. The van der Waals surface area contributed by atoms with Gasteiger partial charge in [0.2, 0.25) is 5.91 Å². The van der Waals surface area contributed by atoms with Gasteiger partial charge in [-0.1, -0.05) is 0 Å². The molecule has 0 aliphatic carbocycles. The maximum absolute atomic E-state index is 12.6. The molecule has 0 spiro atoms. The van der Waals surface area contributed by atoms with Crippen LogP contribution in [0.25, 0.3) is 0 Å². The summed E-state index contributed by atoms with van der Waals surface area (Å²) < 4.78 is 37.5. The van der Waals surface area contributed by atoms with Crippen molar-refractivity contribution in [1.29, 1.82) is 0 Å². The summed E-state index contributed by atoms with van der Waals surface area (Å²) in [6.07, 6.45) is -3.74. The molecular weight excluding hydrogens is 371 g/mol. The van der Waals surface area contributed by atoms with Crippen molar-refractivity contribution in [3.63, 3.8) is 0 Å². The van der Waals surface area contributed by atoms with Crippen LogP contribution in [0.4, 0.5) is 18.9 Å². The molecule has 0 bridgehead atoms. The van der Waals surface area contributed by atoms with E-state index in [-0.39, 0.29) is 24.7 Å². The van der Waals surface area contributed by atoms with Crippen molar-refractivity contribution >= 4 is 23.4 Å².